The molecule has 0 spiro atoms. The highest BCUT2D eigenvalue weighted by Gasteiger charge is 2.14. The van der Waals surface area contributed by atoms with Gasteiger partial charge >= 0.3 is 0 Å². The molecule has 0 fully saturated rings. The van der Waals surface area contributed by atoms with Crippen molar-refractivity contribution in [3.05, 3.63) is 30.0 Å². The molecule has 0 aliphatic heterocycles. The number of fused-ring (bicyclic) bond motifs is 1. The third-order valence-corrected chi connectivity index (χ3v) is 3.21. The molecule has 0 amide bonds. The maximum Gasteiger partial charge on any atom is 0.176 e. The van der Waals surface area contributed by atoms with Gasteiger partial charge in [0.1, 0.15) is 18.5 Å². The van der Waals surface area contributed by atoms with E-state index in [4.69, 9.17) is 9.15 Å². The predicted octanol–water partition coefficient (Wildman–Crippen LogP) is 3.12. The van der Waals surface area contributed by atoms with Gasteiger partial charge in [-0.15, -0.1) is 0 Å². The number of rotatable bonds is 6. The van der Waals surface area contributed by atoms with Gasteiger partial charge in [0.25, 0.3) is 0 Å². The van der Waals surface area contributed by atoms with Gasteiger partial charge in [-0.2, -0.15) is 0 Å². The molecule has 1 aromatic heterocycles. The number of para-hydroxylation sites is 1. The third kappa shape index (κ3) is 4.48. The molecule has 0 bridgehead atoms. The first-order chi connectivity index (χ1) is 9.89. The van der Waals surface area contributed by atoms with Gasteiger partial charge in [0, 0.05) is 23.9 Å². The summed E-state index contributed by atoms with van der Waals surface area (Å²) in [5.41, 5.74) is 0.739. The lowest BCUT2D eigenvalue weighted by Crippen LogP contribution is -2.42. The highest BCUT2D eigenvalue weighted by Crippen LogP contribution is 2.29. The van der Waals surface area contributed by atoms with E-state index in [-0.39, 0.29) is 12.1 Å². The van der Waals surface area contributed by atoms with Crippen LogP contribution in [0.1, 0.15) is 33.5 Å². The SMILES string of the molecule is CCc1cc2cccc(OCC(O)CNC(C)(C)C)c2o1. The number of nitrogens with one attached hydrogen (secondary N) is 1. The summed E-state index contributed by atoms with van der Waals surface area (Å²) in [5, 5.41) is 14.3. The number of ether oxygens (including phenoxy) is 1. The van der Waals surface area contributed by atoms with Crippen LogP contribution in [0, 0.1) is 0 Å². The Morgan fingerprint density at radius 2 is 2.10 bits per heavy atom. The summed E-state index contributed by atoms with van der Waals surface area (Å²) in [5.74, 6) is 1.62. The number of aliphatic hydroxyl groups is 1. The van der Waals surface area contributed by atoms with Crippen molar-refractivity contribution in [3.8, 4) is 5.75 Å². The van der Waals surface area contributed by atoms with Gasteiger partial charge in [-0.25, -0.2) is 0 Å². The molecular formula is C17H25NO3. The number of furan rings is 1. The molecule has 0 aliphatic carbocycles. The minimum absolute atomic E-state index is 0.0158. The number of hydrogen-bond donors (Lipinski definition) is 2. The molecule has 2 aromatic rings. The fraction of sp³-hybridized carbons (Fsp3) is 0.529. The van der Waals surface area contributed by atoms with Crippen molar-refractivity contribution in [2.24, 2.45) is 0 Å². The first-order valence-electron chi connectivity index (χ1n) is 7.46. The van der Waals surface area contributed by atoms with Crippen molar-refractivity contribution in [2.75, 3.05) is 13.2 Å². The number of aliphatic hydroxyl groups excluding tert-OH is 1. The first kappa shape index (κ1) is 15.9. The molecule has 4 heteroatoms. The second-order valence-corrected chi connectivity index (χ2v) is 6.34. The van der Waals surface area contributed by atoms with E-state index in [1.54, 1.807) is 0 Å². The largest absolute Gasteiger partial charge is 0.487 e. The smallest absolute Gasteiger partial charge is 0.176 e. The number of aryl methyl sites for hydroxylation is 1. The maximum absolute atomic E-state index is 9.98. The van der Waals surface area contributed by atoms with Gasteiger partial charge < -0.3 is 19.6 Å². The van der Waals surface area contributed by atoms with Crippen molar-refractivity contribution in [1.82, 2.24) is 5.32 Å². The summed E-state index contributed by atoms with van der Waals surface area (Å²) in [6.07, 6.45) is 0.298. The van der Waals surface area contributed by atoms with Crippen LogP contribution in [0.2, 0.25) is 0 Å². The summed E-state index contributed by atoms with van der Waals surface area (Å²) in [6, 6.07) is 7.84. The molecular weight excluding hydrogens is 266 g/mol. The van der Waals surface area contributed by atoms with Crippen molar-refractivity contribution < 1.29 is 14.3 Å². The van der Waals surface area contributed by atoms with E-state index in [9.17, 15) is 5.11 Å². The molecule has 2 rings (SSSR count). The van der Waals surface area contributed by atoms with Crippen molar-refractivity contribution in [2.45, 2.75) is 45.8 Å². The lowest BCUT2D eigenvalue weighted by atomic mass is 10.1. The van der Waals surface area contributed by atoms with Crippen LogP contribution < -0.4 is 10.1 Å². The molecule has 1 aromatic carbocycles. The van der Waals surface area contributed by atoms with Gasteiger partial charge in [0.2, 0.25) is 0 Å². The molecule has 21 heavy (non-hydrogen) atoms. The van der Waals surface area contributed by atoms with Crippen molar-refractivity contribution in [1.29, 1.82) is 0 Å². The Balaban J connectivity index is 1.98. The zero-order valence-corrected chi connectivity index (χ0v) is 13.3. The van der Waals surface area contributed by atoms with Crippen LogP contribution in [0.5, 0.6) is 5.75 Å². The Kier molecular flexibility index (Phi) is 4.91. The predicted molar refractivity (Wildman–Crippen MR) is 84.8 cm³/mol. The average molecular weight is 291 g/mol. The Morgan fingerprint density at radius 3 is 2.76 bits per heavy atom. The summed E-state index contributed by atoms with van der Waals surface area (Å²) in [7, 11) is 0. The number of benzene rings is 1. The number of β-amino-alcohol motifs (C(OH)–C–C–N with tert-alkyl or cyclic N) is 1. The van der Waals surface area contributed by atoms with Crippen molar-refractivity contribution in [3.63, 3.8) is 0 Å². The highest BCUT2D eigenvalue weighted by molar-refractivity contribution is 5.83. The van der Waals surface area contributed by atoms with Gasteiger partial charge in [0.05, 0.1) is 0 Å². The van der Waals surface area contributed by atoms with Gasteiger partial charge in [0.15, 0.2) is 11.3 Å². The van der Waals surface area contributed by atoms with Crippen molar-refractivity contribution >= 4 is 11.0 Å². The normalized spacial score (nSPS) is 13.6. The fourth-order valence-electron chi connectivity index (χ4n) is 2.05. The molecule has 0 saturated heterocycles. The Labute approximate surface area is 126 Å². The highest BCUT2D eigenvalue weighted by atomic mass is 16.5. The monoisotopic (exact) mass is 291 g/mol. The molecule has 0 saturated carbocycles. The molecule has 1 heterocycles. The van der Waals surface area contributed by atoms with Gasteiger partial charge in [-0.05, 0) is 32.9 Å². The molecule has 0 radical (unpaired) electrons. The second-order valence-electron chi connectivity index (χ2n) is 6.34. The third-order valence-electron chi connectivity index (χ3n) is 3.21. The minimum Gasteiger partial charge on any atom is -0.487 e. The summed E-state index contributed by atoms with van der Waals surface area (Å²) in [6.45, 7) is 8.99. The van der Waals surface area contributed by atoms with E-state index >= 15 is 0 Å². The average Bonchev–Trinajstić information content (AvgIpc) is 2.85. The van der Waals surface area contributed by atoms with Crippen LogP contribution in [0.4, 0.5) is 0 Å². The Morgan fingerprint density at radius 1 is 1.33 bits per heavy atom. The lowest BCUT2D eigenvalue weighted by molar-refractivity contribution is 0.100. The van der Waals surface area contributed by atoms with Crippen LogP contribution in [0.3, 0.4) is 0 Å². The van der Waals surface area contributed by atoms with Crippen LogP contribution in [0.25, 0.3) is 11.0 Å². The van der Waals surface area contributed by atoms with Crippen LogP contribution in [-0.4, -0.2) is 29.9 Å². The molecule has 116 valence electrons. The van der Waals surface area contributed by atoms with Gasteiger partial charge in [-0.1, -0.05) is 19.1 Å². The van der Waals surface area contributed by atoms with E-state index in [0.29, 0.717) is 12.3 Å². The Bertz CT molecular complexity index is 583. The quantitative estimate of drug-likeness (QED) is 0.858. The van der Waals surface area contributed by atoms with Gasteiger partial charge in [-0.3, -0.25) is 0 Å². The van der Waals surface area contributed by atoms with E-state index < -0.39 is 6.10 Å². The number of hydrogen-bond acceptors (Lipinski definition) is 4. The van der Waals surface area contributed by atoms with Crippen LogP contribution in [-0.2, 0) is 6.42 Å². The Hall–Kier alpha value is -1.52. The molecule has 0 aliphatic rings. The molecule has 2 N–H and O–H groups in total. The zero-order valence-electron chi connectivity index (χ0n) is 13.3. The summed E-state index contributed by atoms with van der Waals surface area (Å²) >= 11 is 0. The summed E-state index contributed by atoms with van der Waals surface area (Å²) in [4.78, 5) is 0. The lowest BCUT2D eigenvalue weighted by Gasteiger charge is -2.22. The van der Waals surface area contributed by atoms with E-state index in [1.165, 1.54) is 0 Å². The maximum atomic E-state index is 9.98. The zero-order chi connectivity index (χ0) is 15.5. The standard InChI is InChI=1S/C17H25NO3/c1-5-14-9-12-7-6-8-15(16(12)21-14)20-11-13(19)10-18-17(2,3)4/h6-9,13,18-19H,5,10-11H2,1-4H3. The van der Waals surface area contributed by atoms with Crippen LogP contribution >= 0.6 is 0 Å². The minimum atomic E-state index is -0.555. The first-order valence-corrected chi connectivity index (χ1v) is 7.46. The van der Waals surface area contributed by atoms with E-state index in [0.717, 1.165) is 23.2 Å². The molecule has 4 nitrogen and oxygen atoms in total. The van der Waals surface area contributed by atoms with E-state index in [1.807, 2.05) is 24.3 Å². The van der Waals surface area contributed by atoms with E-state index in [2.05, 4.69) is 33.0 Å². The fourth-order valence-corrected chi connectivity index (χ4v) is 2.05. The summed E-state index contributed by atoms with van der Waals surface area (Å²) < 4.78 is 11.5. The van der Waals surface area contributed by atoms with Crippen LogP contribution in [0.15, 0.2) is 28.7 Å². The second kappa shape index (κ2) is 6.50. The topological polar surface area (TPSA) is 54.6 Å². The molecule has 1 atom stereocenters. The molecule has 1 unspecified atom stereocenters.